The molecular formula is C20H24F3NO4. The molecule has 0 unspecified atom stereocenters. The Labute approximate surface area is 161 Å². The minimum absolute atomic E-state index is 0.132. The van der Waals surface area contributed by atoms with Crippen LogP contribution in [-0.2, 0) is 16.0 Å². The molecule has 28 heavy (non-hydrogen) atoms. The molecule has 1 aliphatic rings. The number of Topliss-reactive ketones (excluding diaryl/α,β-unsaturated/α-hetero) is 1. The largest absolute Gasteiger partial charge is 0.481 e. The lowest BCUT2D eigenvalue weighted by molar-refractivity contribution is -0.188. The quantitative estimate of drug-likeness (QED) is 0.712. The molecule has 1 aromatic rings. The van der Waals surface area contributed by atoms with E-state index in [2.05, 4.69) is 13.8 Å². The Morgan fingerprint density at radius 1 is 1.11 bits per heavy atom. The zero-order chi connectivity index (χ0) is 21.1. The van der Waals surface area contributed by atoms with Gasteiger partial charge in [-0.3, -0.25) is 14.4 Å². The lowest BCUT2D eigenvalue weighted by Gasteiger charge is -2.18. The summed E-state index contributed by atoms with van der Waals surface area (Å²) in [6.07, 6.45) is -4.19. The van der Waals surface area contributed by atoms with Crippen LogP contribution in [0.15, 0.2) is 24.3 Å². The number of halogens is 3. The fourth-order valence-corrected chi connectivity index (χ4v) is 3.41. The van der Waals surface area contributed by atoms with Crippen LogP contribution in [0.25, 0.3) is 0 Å². The molecule has 0 spiro atoms. The number of benzene rings is 1. The first-order chi connectivity index (χ1) is 13.0. The van der Waals surface area contributed by atoms with Crippen LogP contribution in [0.1, 0.15) is 42.6 Å². The van der Waals surface area contributed by atoms with E-state index in [0.717, 1.165) is 16.9 Å². The third kappa shape index (κ3) is 5.56. The molecule has 1 aromatic carbocycles. The first kappa shape index (κ1) is 21.9. The summed E-state index contributed by atoms with van der Waals surface area (Å²) >= 11 is 0. The van der Waals surface area contributed by atoms with Crippen molar-refractivity contribution in [3.05, 3.63) is 35.4 Å². The Morgan fingerprint density at radius 2 is 1.71 bits per heavy atom. The summed E-state index contributed by atoms with van der Waals surface area (Å²) in [6.45, 7) is 3.00. The molecule has 1 fully saturated rings. The van der Waals surface area contributed by atoms with Crippen molar-refractivity contribution in [2.24, 2.45) is 17.8 Å². The first-order valence-electron chi connectivity index (χ1n) is 9.18. The maximum atomic E-state index is 13.0. The van der Waals surface area contributed by atoms with Crippen molar-refractivity contribution in [2.45, 2.75) is 39.3 Å². The fraction of sp³-hybridized carbons (Fsp3) is 0.550. The van der Waals surface area contributed by atoms with Crippen LogP contribution >= 0.6 is 0 Å². The second-order valence-corrected chi connectivity index (χ2v) is 7.61. The van der Waals surface area contributed by atoms with Gasteiger partial charge in [0.2, 0.25) is 5.91 Å². The molecule has 1 aliphatic heterocycles. The van der Waals surface area contributed by atoms with Gasteiger partial charge in [0.25, 0.3) is 0 Å². The molecule has 1 heterocycles. The molecule has 1 N–H and O–H groups in total. The van der Waals surface area contributed by atoms with Crippen LogP contribution in [0.2, 0.25) is 0 Å². The van der Waals surface area contributed by atoms with E-state index in [0.29, 0.717) is 11.5 Å². The molecule has 0 bridgehead atoms. The maximum Gasteiger partial charge on any atom is 0.394 e. The minimum Gasteiger partial charge on any atom is -0.481 e. The van der Waals surface area contributed by atoms with Gasteiger partial charge in [0.15, 0.2) is 5.78 Å². The third-order valence-electron chi connectivity index (χ3n) is 4.90. The number of carboxylic acids is 1. The zero-order valence-electron chi connectivity index (χ0n) is 15.8. The lowest BCUT2D eigenvalue weighted by atomic mass is 9.96. The number of hydrogen-bond acceptors (Lipinski definition) is 3. The van der Waals surface area contributed by atoms with Gasteiger partial charge in [-0.1, -0.05) is 38.1 Å². The average Bonchev–Trinajstić information content (AvgIpc) is 3.05. The normalized spacial score (nSPS) is 19.9. The van der Waals surface area contributed by atoms with Gasteiger partial charge in [0, 0.05) is 31.5 Å². The first-order valence-corrected chi connectivity index (χ1v) is 9.18. The molecule has 8 heteroatoms. The number of nitrogens with zero attached hydrogens (tertiary/aromatic N) is 1. The second-order valence-electron chi connectivity index (χ2n) is 7.61. The van der Waals surface area contributed by atoms with Crippen molar-refractivity contribution in [2.75, 3.05) is 13.1 Å². The van der Waals surface area contributed by atoms with E-state index in [1.54, 1.807) is 12.1 Å². The van der Waals surface area contributed by atoms with Gasteiger partial charge in [-0.25, -0.2) is 0 Å². The number of rotatable bonds is 7. The number of ketones is 1. The van der Waals surface area contributed by atoms with E-state index in [4.69, 9.17) is 5.11 Å². The number of hydrogen-bond donors (Lipinski definition) is 1. The van der Waals surface area contributed by atoms with Crippen LogP contribution in [0.5, 0.6) is 0 Å². The average molecular weight is 399 g/mol. The van der Waals surface area contributed by atoms with Crippen LogP contribution < -0.4 is 0 Å². The monoisotopic (exact) mass is 399 g/mol. The Bertz CT molecular complexity index is 728. The zero-order valence-corrected chi connectivity index (χ0v) is 15.8. The van der Waals surface area contributed by atoms with Crippen molar-refractivity contribution in [3.63, 3.8) is 0 Å². The topological polar surface area (TPSA) is 74.7 Å². The predicted molar refractivity (Wildman–Crippen MR) is 95.8 cm³/mol. The maximum absolute atomic E-state index is 13.0. The SMILES string of the molecule is CC(C)Cc1ccc(C(=O)CCC(=O)N2C[C@@H](C(F)(F)F)[C@H](C(=O)O)C2)cc1. The standard InChI is InChI=1S/C20H24F3NO4/c1-12(2)9-13-3-5-14(6-4-13)17(25)7-8-18(26)24-10-15(19(27)28)16(11-24)20(21,22)23/h3-6,12,15-16H,7-11H2,1-2H3,(H,27,28)/t15-,16-/m1/s1. The van der Waals surface area contributed by atoms with Crippen LogP contribution in [0.3, 0.4) is 0 Å². The van der Waals surface area contributed by atoms with Crippen molar-refractivity contribution in [1.29, 1.82) is 0 Å². The number of alkyl halides is 3. The van der Waals surface area contributed by atoms with Gasteiger partial charge < -0.3 is 10.0 Å². The number of carboxylic acid groups (broad SMARTS) is 1. The van der Waals surface area contributed by atoms with Crippen molar-refractivity contribution < 1.29 is 32.7 Å². The van der Waals surface area contributed by atoms with Crippen molar-refractivity contribution >= 4 is 17.7 Å². The lowest BCUT2D eigenvalue weighted by Crippen LogP contribution is -2.34. The fourth-order valence-electron chi connectivity index (χ4n) is 3.41. The summed E-state index contributed by atoms with van der Waals surface area (Å²) in [4.78, 5) is 36.4. The van der Waals surface area contributed by atoms with Gasteiger partial charge in [-0.15, -0.1) is 0 Å². The molecule has 1 saturated heterocycles. The van der Waals surface area contributed by atoms with E-state index >= 15 is 0 Å². The second kappa shape index (κ2) is 8.75. The highest BCUT2D eigenvalue weighted by molar-refractivity contribution is 5.98. The van der Waals surface area contributed by atoms with E-state index < -0.39 is 43.0 Å². The van der Waals surface area contributed by atoms with Crippen LogP contribution in [0, 0.1) is 17.8 Å². The van der Waals surface area contributed by atoms with E-state index in [9.17, 15) is 27.6 Å². The smallest absolute Gasteiger partial charge is 0.394 e. The van der Waals surface area contributed by atoms with Gasteiger partial charge in [0.1, 0.15) is 0 Å². The molecule has 154 valence electrons. The summed E-state index contributed by atoms with van der Waals surface area (Å²) in [5.74, 6) is -5.76. The predicted octanol–water partition coefficient (Wildman–Crippen LogP) is 3.57. The van der Waals surface area contributed by atoms with Crippen LogP contribution in [0.4, 0.5) is 13.2 Å². The molecule has 2 rings (SSSR count). The highest BCUT2D eigenvalue weighted by Crippen LogP contribution is 2.38. The van der Waals surface area contributed by atoms with E-state index in [1.165, 1.54) is 0 Å². The highest BCUT2D eigenvalue weighted by atomic mass is 19.4. The third-order valence-corrected chi connectivity index (χ3v) is 4.90. The van der Waals surface area contributed by atoms with Gasteiger partial charge in [0.05, 0.1) is 11.8 Å². The van der Waals surface area contributed by atoms with Gasteiger partial charge in [-0.2, -0.15) is 13.2 Å². The number of aliphatic carboxylic acids is 1. The molecule has 0 aliphatic carbocycles. The highest BCUT2D eigenvalue weighted by Gasteiger charge is 2.53. The van der Waals surface area contributed by atoms with Gasteiger partial charge in [-0.05, 0) is 17.9 Å². The molecule has 2 atom stereocenters. The van der Waals surface area contributed by atoms with E-state index in [1.807, 2.05) is 12.1 Å². The Balaban J connectivity index is 1.93. The molecule has 1 amide bonds. The number of likely N-dealkylation sites (tertiary alicyclic amines) is 1. The Morgan fingerprint density at radius 3 is 2.18 bits per heavy atom. The number of carbonyl (C=O) groups excluding carboxylic acids is 2. The molecule has 0 saturated carbocycles. The molecular weight excluding hydrogens is 375 g/mol. The Kier molecular flexibility index (Phi) is 6.85. The molecule has 5 nitrogen and oxygen atoms in total. The van der Waals surface area contributed by atoms with Crippen molar-refractivity contribution in [1.82, 2.24) is 4.90 Å². The van der Waals surface area contributed by atoms with Crippen molar-refractivity contribution in [3.8, 4) is 0 Å². The summed E-state index contributed by atoms with van der Waals surface area (Å²) in [5, 5.41) is 9.00. The van der Waals surface area contributed by atoms with E-state index in [-0.39, 0.29) is 18.6 Å². The summed E-state index contributed by atoms with van der Waals surface area (Å²) in [7, 11) is 0. The summed E-state index contributed by atoms with van der Waals surface area (Å²) < 4.78 is 39.0. The molecule has 0 radical (unpaired) electrons. The van der Waals surface area contributed by atoms with Crippen LogP contribution in [-0.4, -0.2) is 46.9 Å². The Hall–Kier alpha value is -2.38. The minimum atomic E-state index is -4.69. The summed E-state index contributed by atoms with van der Waals surface area (Å²) in [5.41, 5.74) is 1.54. The summed E-state index contributed by atoms with van der Waals surface area (Å²) in [6, 6.07) is 7.06. The number of amides is 1. The molecule has 0 aromatic heterocycles. The van der Waals surface area contributed by atoms with Gasteiger partial charge >= 0.3 is 12.1 Å². The number of carbonyl (C=O) groups is 3.